The van der Waals surface area contributed by atoms with Gasteiger partial charge < -0.3 is 9.88 Å². The van der Waals surface area contributed by atoms with Crippen LogP contribution in [0.1, 0.15) is 18.7 Å². The zero-order valence-corrected chi connectivity index (χ0v) is 10.5. The largest absolute Gasteiger partial charge is 0.342 e. The molecular weight excluding hydrogens is 210 g/mol. The molecule has 1 aliphatic carbocycles. The van der Waals surface area contributed by atoms with Crippen molar-refractivity contribution in [3.63, 3.8) is 0 Å². The summed E-state index contributed by atoms with van der Waals surface area (Å²) in [7, 11) is 4.34. The van der Waals surface area contributed by atoms with Crippen molar-refractivity contribution in [3.8, 4) is 0 Å². The second kappa shape index (κ2) is 4.15. The molecule has 3 rings (SSSR count). The van der Waals surface area contributed by atoms with Crippen molar-refractivity contribution >= 4 is 11.0 Å². The van der Waals surface area contributed by atoms with E-state index in [-0.39, 0.29) is 0 Å². The van der Waals surface area contributed by atoms with Gasteiger partial charge in [-0.05, 0) is 45.0 Å². The smallest absolute Gasteiger partial charge is 0.107 e. The van der Waals surface area contributed by atoms with Gasteiger partial charge in [-0.25, -0.2) is 4.98 Å². The predicted molar refractivity (Wildman–Crippen MR) is 70.0 cm³/mol. The second-order valence-corrected chi connectivity index (χ2v) is 5.36. The molecule has 90 valence electrons. The Balaban J connectivity index is 1.66. The topological polar surface area (TPSA) is 31.9 Å². The van der Waals surface area contributed by atoms with Gasteiger partial charge in [-0.1, -0.05) is 12.1 Å². The van der Waals surface area contributed by atoms with Crippen LogP contribution in [0.4, 0.5) is 0 Å². The summed E-state index contributed by atoms with van der Waals surface area (Å²) < 4.78 is 0. The van der Waals surface area contributed by atoms with Crippen LogP contribution in [0.2, 0.25) is 0 Å². The highest BCUT2D eigenvalue weighted by Crippen LogP contribution is 2.32. The number of nitrogens with one attached hydrogen (secondary N) is 1. The fourth-order valence-electron chi connectivity index (χ4n) is 2.66. The molecule has 1 aliphatic rings. The van der Waals surface area contributed by atoms with E-state index in [1.54, 1.807) is 0 Å². The summed E-state index contributed by atoms with van der Waals surface area (Å²) in [6.45, 7) is 0. The molecule has 1 N–H and O–H groups in total. The lowest BCUT2D eigenvalue weighted by Gasteiger charge is -2.39. The molecule has 0 spiro atoms. The van der Waals surface area contributed by atoms with Gasteiger partial charge in [0.25, 0.3) is 0 Å². The highest BCUT2D eigenvalue weighted by molar-refractivity contribution is 5.74. The molecule has 0 aliphatic heterocycles. The summed E-state index contributed by atoms with van der Waals surface area (Å²) in [5.41, 5.74) is 2.25. The number of imidazole rings is 1. The minimum absolute atomic E-state index is 0.782. The van der Waals surface area contributed by atoms with Gasteiger partial charge >= 0.3 is 0 Å². The van der Waals surface area contributed by atoms with E-state index in [0.29, 0.717) is 0 Å². The summed E-state index contributed by atoms with van der Waals surface area (Å²) in [6, 6.07) is 9.03. The Kier molecular flexibility index (Phi) is 2.63. The van der Waals surface area contributed by atoms with E-state index in [0.717, 1.165) is 35.2 Å². The lowest BCUT2D eigenvalue weighted by atomic mass is 9.77. The Hall–Kier alpha value is -1.35. The molecule has 2 aromatic rings. The number of nitrogens with zero attached hydrogens (tertiary/aromatic N) is 2. The first kappa shape index (κ1) is 10.8. The third-order valence-electron chi connectivity index (χ3n) is 3.86. The van der Waals surface area contributed by atoms with E-state index in [1.165, 1.54) is 12.8 Å². The third-order valence-corrected chi connectivity index (χ3v) is 3.86. The van der Waals surface area contributed by atoms with Crippen LogP contribution in [0.5, 0.6) is 0 Å². The molecular formula is C14H19N3. The summed E-state index contributed by atoms with van der Waals surface area (Å²) in [6.07, 6.45) is 3.72. The third kappa shape index (κ3) is 2.07. The van der Waals surface area contributed by atoms with Crippen LogP contribution in [-0.2, 0) is 6.42 Å². The Bertz CT molecular complexity index is 476. The van der Waals surface area contributed by atoms with Crippen molar-refractivity contribution in [1.82, 2.24) is 14.9 Å². The van der Waals surface area contributed by atoms with Crippen LogP contribution >= 0.6 is 0 Å². The number of benzene rings is 1. The zero-order chi connectivity index (χ0) is 11.8. The predicted octanol–water partition coefficient (Wildman–Crippen LogP) is 2.45. The normalized spacial score (nSPS) is 24.2. The molecule has 1 fully saturated rings. The Morgan fingerprint density at radius 2 is 2.06 bits per heavy atom. The maximum atomic E-state index is 4.64. The summed E-state index contributed by atoms with van der Waals surface area (Å²) in [5, 5.41) is 0. The number of hydrogen-bond donors (Lipinski definition) is 1. The average molecular weight is 229 g/mol. The highest BCUT2D eigenvalue weighted by Gasteiger charge is 2.30. The first-order valence-corrected chi connectivity index (χ1v) is 6.32. The quantitative estimate of drug-likeness (QED) is 0.876. The first-order chi connectivity index (χ1) is 8.22. The lowest BCUT2D eigenvalue weighted by Crippen LogP contribution is -2.41. The molecule has 1 aromatic heterocycles. The number of H-pyrrole nitrogens is 1. The van der Waals surface area contributed by atoms with Gasteiger partial charge in [-0.3, -0.25) is 0 Å². The SMILES string of the molecule is CN(C)C1CC(Cc2nc3ccccc3[nH]2)C1. The van der Waals surface area contributed by atoms with Crippen LogP contribution in [0.15, 0.2) is 24.3 Å². The number of rotatable bonds is 3. The van der Waals surface area contributed by atoms with Crippen molar-refractivity contribution in [3.05, 3.63) is 30.1 Å². The van der Waals surface area contributed by atoms with Gasteiger partial charge in [0, 0.05) is 12.5 Å². The fraction of sp³-hybridized carbons (Fsp3) is 0.500. The lowest BCUT2D eigenvalue weighted by molar-refractivity contribution is 0.123. The molecule has 3 nitrogen and oxygen atoms in total. The fourth-order valence-corrected chi connectivity index (χ4v) is 2.66. The monoisotopic (exact) mass is 229 g/mol. The van der Waals surface area contributed by atoms with Crippen molar-refractivity contribution in [2.45, 2.75) is 25.3 Å². The molecule has 0 radical (unpaired) electrons. The van der Waals surface area contributed by atoms with Gasteiger partial charge in [0.2, 0.25) is 0 Å². The van der Waals surface area contributed by atoms with Crippen LogP contribution in [0, 0.1) is 5.92 Å². The molecule has 17 heavy (non-hydrogen) atoms. The van der Waals surface area contributed by atoms with Gasteiger partial charge in [0.15, 0.2) is 0 Å². The van der Waals surface area contributed by atoms with Crippen LogP contribution < -0.4 is 0 Å². The van der Waals surface area contributed by atoms with Crippen molar-refractivity contribution in [2.24, 2.45) is 5.92 Å². The molecule has 0 saturated heterocycles. The van der Waals surface area contributed by atoms with Crippen molar-refractivity contribution in [1.29, 1.82) is 0 Å². The Morgan fingerprint density at radius 3 is 2.76 bits per heavy atom. The Morgan fingerprint density at radius 1 is 1.29 bits per heavy atom. The Labute approximate surface area is 102 Å². The zero-order valence-electron chi connectivity index (χ0n) is 10.5. The van der Waals surface area contributed by atoms with E-state index in [9.17, 15) is 0 Å². The van der Waals surface area contributed by atoms with Crippen LogP contribution in [0.25, 0.3) is 11.0 Å². The van der Waals surface area contributed by atoms with E-state index >= 15 is 0 Å². The van der Waals surface area contributed by atoms with Gasteiger partial charge in [-0.2, -0.15) is 0 Å². The maximum absolute atomic E-state index is 4.64. The minimum atomic E-state index is 0.782. The van der Waals surface area contributed by atoms with Gasteiger partial charge in [-0.15, -0.1) is 0 Å². The van der Waals surface area contributed by atoms with Crippen molar-refractivity contribution < 1.29 is 0 Å². The van der Waals surface area contributed by atoms with Crippen LogP contribution in [-0.4, -0.2) is 35.0 Å². The second-order valence-electron chi connectivity index (χ2n) is 5.36. The molecule has 1 saturated carbocycles. The molecule has 0 atom stereocenters. The van der Waals surface area contributed by atoms with E-state index in [4.69, 9.17) is 0 Å². The van der Waals surface area contributed by atoms with E-state index < -0.39 is 0 Å². The summed E-state index contributed by atoms with van der Waals surface area (Å²) in [5.74, 6) is 1.95. The molecule has 1 heterocycles. The number of hydrogen-bond acceptors (Lipinski definition) is 2. The summed E-state index contributed by atoms with van der Waals surface area (Å²) >= 11 is 0. The average Bonchev–Trinajstić information content (AvgIpc) is 2.64. The number of fused-ring (bicyclic) bond motifs is 1. The van der Waals surface area contributed by atoms with E-state index in [1.807, 2.05) is 6.07 Å². The van der Waals surface area contributed by atoms with Crippen molar-refractivity contribution in [2.75, 3.05) is 14.1 Å². The molecule has 0 bridgehead atoms. The van der Waals surface area contributed by atoms with Crippen LogP contribution in [0.3, 0.4) is 0 Å². The molecule has 0 amide bonds. The van der Waals surface area contributed by atoms with E-state index in [2.05, 4.69) is 47.2 Å². The number of aromatic amines is 1. The summed E-state index contributed by atoms with van der Waals surface area (Å²) in [4.78, 5) is 10.4. The molecule has 3 heteroatoms. The maximum Gasteiger partial charge on any atom is 0.107 e. The molecule has 0 unspecified atom stereocenters. The van der Waals surface area contributed by atoms with Gasteiger partial charge in [0.05, 0.1) is 11.0 Å². The minimum Gasteiger partial charge on any atom is -0.342 e. The first-order valence-electron chi connectivity index (χ1n) is 6.32. The molecule has 1 aromatic carbocycles. The standard InChI is InChI=1S/C14H19N3/c1-17(2)11-7-10(8-11)9-14-15-12-5-3-4-6-13(12)16-14/h3-6,10-11H,7-9H2,1-2H3,(H,15,16). The highest BCUT2D eigenvalue weighted by atomic mass is 15.1. The number of aromatic nitrogens is 2. The van der Waals surface area contributed by atoms with Gasteiger partial charge in [0.1, 0.15) is 5.82 Å². The number of para-hydroxylation sites is 2.